The summed E-state index contributed by atoms with van der Waals surface area (Å²) in [6, 6.07) is 0.374. The van der Waals surface area contributed by atoms with Gasteiger partial charge in [0.1, 0.15) is 18.2 Å². The molecule has 4 unspecified atom stereocenters. The number of thiazole rings is 1. The average molecular weight is 661 g/mol. The molecule has 14 heteroatoms. The van der Waals surface area contributed by atoms with Crippen LogP contribution in [0.15, 0.2) is 18.3 Å². The van der Waals surface area contributed by atoms with Crippen molar-refractivity contribution in [3.8, 4) is 5.88 Å². The molecule has 2 fully saturated rings. The van der Waals surface area contributed by atoms with E-state index in [9.17, 15) is 24.0 Å². The number of likely N-dealkylation sites (tertiary alicyclic amines) is 1. The van der Waals surface area contributed by atoms with Gasteiger partial charge < -0.3 is 25.6 Å². The molecule has 3 N–H and O–H groups in total. The van der Waals surface area contributed by atoms with E-state index in [2.05, 4.69) is 25.9 Å². The topological polar surface area (TPSA) is 160 Å². The third-order valence-electron chi connectivity index (χ3n) is 7.68. The molecule has 3 amide bonds. The van der Waals surface area contributed by atoms with Gasteiger partial charge in [-0.15, -0.1) is 0 Å². The summed E-state index contributed by atoms with van der Waals surface area (Å²) in [5, 5.41) is 9.52. The molecule has 3 heterocycles. The van der Waals surface area contributed by atoms with E-state index in [0.29, 0.717) is 27.1 Å². The smallest absolute Gasteiger partial charge is 0.289 e. The second-order valence-corrected chi connectivity index (χ2v) is 14.1. The van der Waals surface area contributed by atoms with Crippen molar-refractivity contribution < 1.29 is 28.7 Å². The molecule has 2 aromatic heterocycles. The lowest BCUT2D eigenvalue weighted by atomic mass is 9.85. The van der Waals surface area contributed by atoms with Crippen molar-refractivity contribution in [1.29, 1.82) is 0 Å². The normalized spacial score (nSPS) is 19.4. The summed E-state index contributed by atoms with van der Waals surface area (Å²) in [6.45, 7) is 10.8. The highest BCUT2D eigenvalue weighted by Crippen LogP contribution is 2.32. The summed E-state index contributed by atoms with van der Waals surface area (Å²) < 4.78 is 6.07. The first-order valence-corrected chi connectivity index (χ1v) is 16.4. The van der Waals surface area contributed by atoms with Gasteiger partial charge in [-0.3, -0.25) is 24.0 Å². The molecule has 0 radical (unpaired) electrons. The number of amides is 3. The number of anilines is 1. The molecule has 0 bridgehead atoms. The molecule has 0 spiro atoms. The van der Waals surface area contributed by atoms with Gasteiger partial charge in [0, 0.05) is 31.6 Å². The molecule has 45 heavy (non-hydrogen) atoms. The highest BCUT2D eigenvalue weighted by molar-refractivity contribution is 7.17. The highest BCUT2D eigenvalue weighted by Gasteiger charge is 2.46. The first-order chi connectivity index (χ1) is 21.2. The Morgan fingerprint density at radius 1 is 1.18 bits per heavy atom. The molecule has 4 atom stereocenters. The minimum absolute atomic E-state index is 0.00302. The van der Waals surface area contributed by atoms with Crippen LogP contribution in [0.4, 0.5) is 5.13 Å². The first-order valence-electron chi connectivity index (χ1n) is 15.2. The third-order valence-corrected chi connectivity index (χ3v) is 9.09. The van der Waals surface area contributed by atoms with E-state index in [1.807, 2.05) is 27.7 Å². The predicted molar refractivity (Wildman–Crippen MR) is 171 cm³/mol. The zero-order valence-electron chi connectivity index (χ0n) is 26.4. The quantitative estimate of drug-likeness (QED) is 0.215. The molecule has 1 aliphatic heterocycles. The van der Waals surface area contributed by atoms with Crippen LogP contribution in [0.1, 0.15) is 82.1 Å². The summed E-state index contributed by atoms with van der Waals surface area (Å²) >= 11 is 7.14. The number of aryl methyl sites for hydroxylation is 1. The summed E-state index contributed by atoms with van der Waals surface area (Å²) in [5.74, 6) is -2.19. The van der Waals surface area contributed by atoms with E-state index in [0.717, 1.165) is 12.8 Å². The van der Waals surface area contributed by atoms with Gasteiger partial charge in [-0.25, -0.2) is 9.97 Å². The van der Waals surface area contributed by atoms with Crippen LogP contribution in [0.5, 0.6) is 5.88 Å². The van der Waals surface area contributed by atoms with Crippen LogP contribution in [0.2, 0.25) is 5.02 Å². The Bertz CT molecular complexity index is 1440. The van der Waals surface area contributed by atoms with Gasteiger partial charge in [0.05, 0.1) is 28.2 Å². The maximum atomic E-state index is 14.3. The maximum Gasteiger partial charge on any atom is 0.289 e. The van der Waals surface area contributed by atoms with Gasteiger partial charge in [0.15, 0.2) is 10.9 Å². The van der Waals surface area contributed by atoms with Crippen molar-refractivity contribution in [3.63, 3.8) is 0 Å². The zero-order chi connectivity index (χ0) is 33.1. The molecule has 1 aliphatic carbocycles. The lowest BCUT2D eigenvalue weighted by molar-refractivity contribution is -0.143. The number of nitrogens with zero attached hydrogens (tertiary/aromatic N) is 3. The van der Waals surface area contributed by atoms with Crippen molar-refractivity contribution >= 4 is 57.4 Å². The number of aromatic nitrogens is 2. The molecular weight excluding hydrogens is 620 g/mol. The Kier molecular flexibility index (Phi) is 10.9. The van der Waals surface area contributed by atoms with Gasteiger partial charge in [0.25, 0.3) is 5.91 Å². The summed E-state index contributed by atoms with van der Waals surface area (Å²) in [6.07, 6.45) is 3.46. The van der Waals surface area contributed by atoms with E-state index in [4.69, 9.17) is 16.3 Å². The van der Waals surface area contributed by atoms with Crippen molar-refractivity contribution in [2.45, 2.75) is 104 Å². The first kappa shape index (κ1) is 34.3. The van der Waals surface area contributed by atoms with Crippen LogP contribution in [0.3, 0.4) is 0 Å². The average Bonchev–Trinajstić information content (AvgIpc) is 3.55. The fourth-order valence-corrected chi connectivity index (χ4v) is 6.17. The number of hydrogen-bond donors (Lipinski definition) is 3. The number of ether oxygens (including phenoxy) is 1. The van der Waals surface area contributed by atoms with E-state index in [1.54, 1.807) is 19.1 Å². The highest BCUT2D eigenvalue weighted by atomic mass is 35.5. The van der Waals surface area contributed by atoms with Gasteiger partial charge in [-0.2, -0.15) is 0 Å². The van der Waals surface area contributed by atoms with Crippen molar-refractivity contribution in [2.75, 3.05) is 11.9 Å². The molecule has 2 aliphatic rings. The Balaban J connectivity index is 1.60. The fraction of sp³-hybridized carbons (Fsp3) is 0.581. The third kappa shape index (κ3) is 8.78. The Hall–Kier alpha value is -3.58. The fourth-order valence-electron chi connectivity index (χ4n) is 5.17. The second kappa shape index (κ2) is 14.2. The Labute approximate surface area is 272 Å². The maximum absolute atomic E-state index is 14.3. The molecule has 1 saturated carbocycles. The van der Waals surface area contributed by atoms with Crippen LogP contribution in [0.25, 0.3) is 0 Å². The Morgan fingerprint density at radius 2 is 1.89 bits per heavy atom. The van der Waals surface area contributed by atoms with Crippen LogP contribution in [-0.4, -0.2) is 81.0 Å². The van der Waals surface area contributed by atoms with E-state index < -0.39 is 47.2 Å². The molecule has 2 aromatic rings. The van der Waals surface area contributed by atoms with Gasteiger partial charge in [-0.05, 0) is 37.7 Å². The van der Waals surface area contributed by atoms with E-state index in [1.165, 1.54) is 29.4 Å². The predicted octanol–water partition coefficient (Wildman–Crippen LogP) is 3.71. The van der Waals surface area contributed by atoms with Crippen LogP contribution in [0, 0.1) is 12.3 Å². The molecule has 1 saturated heterocycles. The van der Waals surface area contributed by atoms with Crippen LogP contribution < -0.4 is 20.7 Å². The van der Waals surface area contributed by atoms with Gasteiger partial charge in [0.2, 0.25) is 23.5 Å². The number of rotatable bonds is 13. The number of Topliss-reactive ketones (excluding diaryl/α,β-unsaturated/α-hetero) is 2. The lowest BCUT2D eigenvalue weighted by Crippen LogP contribution is -2.56. The molecule has 244 valence electrons. The van der Waals surface area contributed by atoms with Gasteiger partial charge in [-0.1, -0.05) is 57.1 Å². The number of hydrogen-bond acceptors (Lipinski definition) is 10. The number of pyridine rings is 1. The second-order valence-electron chi connectivity index (χ2n) is 12.7. The monoisotopic (exact) mass is 660 g/mol. The van der Waals surface area contributed by atoms with E-state index in [-0.39, 0.29) is 43.0 Å². The SMILES string of the molecule is CCCC(NC(=O)C1CC(Oc2ccc(Cl)cn2)CN1C(=O)C(Nc1nc(C)c(C(C)=O)s1)C(C)(C)C)C(=O)C(=O)NC1CC1. The van der Waals surface area contributed by atoms with Crippen LogP contribution in [-0.2, 0) is 19.2 Å². The Morgan fingerprint density at radius 3 is 2.44 bits per heavy atom. The largest absolute Gasteiger partial charge is 0.472 e. The van der Waals surface area contributed by atoms with Crippen LogP contribution >= 0.6 is 22.9 Å². The summed E-state index contributed by atoms with van der Waals surface area (Å²) in [4.78, 5) is 76.4. The number of carbonyl (C=O) groups is 5. The number of carbonyl (C=O) groups excluding carboxylic acids is 5. The summed E-state index contributed by atoms with van der Waals surface area (Å²) in [7, 11) is 0. The van der Waals surface area contributed by atoms with Crippen molar-refractivity contribution in [3.05, 3.63) is 33.9 Å². The lowest BCUT2D eigenvalue weighted by Gasteiger charge is -2.35. The molecule has 4 rings (SSSR count). The summed E-state index contributed by atoms with van der Waals surface area (Å²) in [5.41, 5.74) is -0.0679. The standard InChI is InChI=1S/C31H41ClN6O6S/c1-7-8-21(24(40)28(42)35-19-10-11-19)36-27(41)22-13-20(44-23-12-9-18(32)14-33-23)15-38(22)29(43)26(31(4,5)6)37-30-34-16(2)25(45-30)17(3)39/h9,12,14,19-22,26H,7-8,10-11,13,15H2,1-6H3,(H,34,37)(H,35,42)(H,36,41). The molecular formula is C31H41ClN6O6S. The van der Waals surface area contributed by atoms with Gasteiger partial charge >= 0.3 is 0 Å². The zero-order valence-corrected chi connectivity index (χ0v) is 28.0. The van der Waals surface area contributed by atoms with Crippen molar-refractivity contribution in [2.24, 2.45) is 5.41 Å². The minimum atomic E-state index is -1.03. The van der Waals surface area contributed by atoms with Crippen molar-refractivity contribution in [1.82, 2.24) is 25.5 Å². The van der Waals surface area contributed by atoms with E-state index >= 15 is 0 Å². The number of halogens is 1. The molecule has 12 nitrogen and oxygen atoms in total. The minimum Gasteiger partial charge on any atom is -0.472 e. The number of ketones is 2. The molecule has 0 aromatic carbocycles. The number of nitrogens with one attached hydrogen (secondary N) is 3.